The summed E-state index contributed by atoms with van der Waals surface area (Å²) in [4.78, 5) is 2.42. The maximum Gasteiger partial charge on any atom is 0.214 e. The van der Waals surface area contributed by atoms with Crippen molar-refractivity contribution in [3.05, 3.63) is 53.1 Å². The van der Waals surface area contributed by atoms with Crippen LogP contribution in [0.5, 0.6) is 0 Å². The van der Waals surface area contributed by atoms with Gasteiger partial charge in [-0.25, -0.2) is 21.8 Å². The van der Waals surface area contributed by atoms with Gasteiger partial charge in [0.05, 0.1) is 36.5 Å². The molecule has 1 aromatic carbocycles. The van der Waals surface area contributed by atoms with Crippen molar-refractivity contribution >= 4 is 16.1 Å². The molecule has 3 heterocycles. The molecular formula is C25H31FN4O3S. The van der Waals surface area contributed by atoms with Gasteiger partial charge in [0.2, 0.25) is 10.0 Å². The van der Waals surface area contributed by atoms with Crippen LogP contribution in [0.25, 0.3) is 11.8 Å². The van der Waals surface area contributed by atoms with Gasteiger partial charge < -0.3 is 4.74 Å². The Kier molecular flexibility index (Phi) is 5.63. The highest BCUT2D eigenvalue weighted by Crippen LogP contribution is 2.46. The number of halogens is 1. The van der Waals surface area contributed by atoms with E-state index in [1.807, 2.05) is 10.9 Å². The van der Waals surface area contributed by atoms with Crippen LogP contribution in [0.3, 0.4) is 0 Å². The summed E-state index contributed by atoms with van der Waals surface area (Å²) in [7, 11) is -3.26. The fourth-order valence-electron chi connectivity index (χ4n) is 5.74. The molecule has 1 atom stereocenters. The van der Waals surface area contributed by atoms with Gasteiger partial charge in [-0.1, -0.05) is 5.57 Å². The number of morpholine rings is 1. The number of benzene rings is 1. The quantitative estimate of drug-likeness (QED) is 0.628. The molecule has 2 aromatic rings. The number of aromatic nitrogens is 2. The monoisotopic (exact) mass is 486 g/mol. The van der Waals surface area contributed by atoms with Crippen molar-refractivity contribution in [3.8, 4) is 5.69 Å². The van der Waals surface area contributed by atoms with Gasteiger partial charge in [-0.2, -0.15) is 5.10 Å². The zero-order chi connectivity index (χ0) is 23.3. The molecule has 0 bridgehead atoms. The summed E-state index contributed by atoms with van der Waals surface area (Å²) < 4.78 is 49.1. The first-order valence-corrected chi connectivity index (χ1v) is 13.8. The number of sulfonamides is 1. The van der Waals surface area contributed by atoms with E-state index in [0.717, 1.165) is 62.3 Å². The predicted molar refractivity (Wildman–Crippen MR) is 128 cm³/mol. The van der Waals surface area contributed by atoms with E-state index in [-0.39, 0.29) is 17.0 Å². The first kappa shape index (κ1) is 22.4. The lowest BCUT2D eigenvalue weighted by atomic mass is 9.68. The van der Waals surface area contributed by atoms with Crippen molar-refractivity contribution in [2.24, 2.45) is 11.3 Å². The minimum atomic E-state index is -3.26. The van der Waals surface area contributed by atoms with E-state index in [2.05, 4.69) is 16.1 Å². The van der Waals surface area contributed by atoms with Crippen molar-refractivity contribution < 1.29 is 17.5 Å². The third-order valence-corrected chi connectivity index (χ3v) is 9.75. The number of hydrogen-bond acceptors (Lipinski definition) is 5. The Morgan fingerprint density at radius 1 is 1.12 bits per heavy atom. The van der Waals surface area contributed by atoms with E-state index in [1.54, 1.807) is 16.4 Å². The topological polar surface area (TPSA) is 67.7 Å². The zero-order valence-electron chi connectivity index (χ0n) is 19.3. The van der Waals surface area contributed by atoms with Gasteiger partial charge in [0.15, 0.2) is 0 Å². The molecule has 0 spiro atoms. The molecule has 3 fully saturated rings. The molecule has 9 heteroatoms. The number of ether oxygens (including phenoxy) is 1. The Labute approximate surface area is 200 Å². The zero-order valence-corrected chi connectivity index (χ0v) is 20.1. The van der Waals surface area contributed by atoms with Crippen LogP contribution in [-0.2, 0) is 21.2 Å². The van der Waals surface area contributed by atoms with Crippen LogP contribution < -0.4 is 0 Å². The average Bonchev–Trinajstić information content (AvgIpc) is 3.54. The molecule has 2 aliphatic carbocycles. The van der Waals surface area contributed by atoms with Gasteiger partial charge in [-0.3, -0.25) is 4.90 Å². The molecule has 0 N–H and O–H groups in total. The number of hydrogen-bond donors (Lipinski definition) is 0. The van der Waals surface area contributed by atoms with Crippen molar-refractivity contribution in [3.63, 3.8) is 0 Å². The van der Waals surface area contributed by atoms with Crippen molar-refractivity contribution in [2.45, 2.75) is 25.7 Å². The standard InChI is InChI=1S/C25H31FN4O3S/c26-22-3-5-23(6-4-22)30-24-13-21-7-8-29(34(31,32)16-19-1-2-19)18-25(21,14-20(24)15-27-30)17-28-9-11-33-12-10-28/h3-6,13,15,19H,1-2,7-12,14,16-18H2/t25-/m0/s1. The molecule has 6 rings (SSSR count). The maximum atomic E-state index is 13.5. The first-order chi connectivity index (χ1) is 16.4. The second-order valence-electron chi connectivity index (χ2n) is 10.3. The van der Waals surface area contributed by atoms with Crippen LogP contribution >= 0.6 is 0 Å². The normalized spacial score (nSPS) is 26.1. The fourth-order valence-corrected chi connectivity index (χ4v) is 7.70. The van der Waals surface area contributed by atoms with Gasteiger partial charge in [0.1, 0.15) is 5.82 Å². The SMILES string of the molecule is O=S(=O)(CC1CC1)N1CCC2=Cc3c(cnn3-c3ccc(F)cc3)C[C@]2(CN2CCOCC2)C1. The second kappa shape index (κ2) is 8.55. The van der Waals surface area contributed by atoms with E-state index in [9.17, 15) is 12.8 Å². The minimum absolute atomic E-state index is 0.268. The Morgan fingerprint density at radius 2 is 1.88 bits per heavy atom. The van der Waals surface area contributed by atoms with Crippen LogP contribution in [0.2, 0.25) is 0 Å². The summed E-state index contributed by atoms with van der Waals surface area (Å²) >= 11 is 0. The molecule has 182 valence electrons. The van der Waals surface area contributed by atoms with E-state index >= 15 is 0 Å². The van der Waals surface area contributed by atoms with Crippen LogP contribution in [-0.4, -0.2) is 79.1 Å². The molecule has 2 saturated heterocycles. The van der Waals surface area contributed by atoms with Gasteiger partial charge >= 0.3 is 0 Å². The lowest BCUT2D eigenvalue weighted by molar-refractivity contribution is 0.0153. The van der Waals surface area contributed by atoms with Crippen molar-refractivity contribution in [1.29, 1.82) is 0 Å². The summed E-state index contributed by atoms with van der Waals surface area (Å²) in [5.41, 5.74) is 3.99. The van der Waals surface area contributed by atoms with E-state index in [1.165, 1.54) is 17.7 Å². The van der Waals surface area contributed by atoms with Gasteiger partial charge in [-0.05, 0) is 67.5 Å². The third-order valence-electron chi connectivity index (χ3n) is 7.75. The summed E-state index contributed by atoms with van der Waals surface area (Å²) in [6.45, 7) is 5.03. The molecule has 0 radical (unpaired) electrons. The fraction of sp³-hybridized carbons (Fsp3) is 0.560. The number of rotatable bonds is 6. The molecular weight excluding hydrogens is 455 g/mol. The van der Waals surface area contributed by atoms with Crippen LogP contribution in [0.15, 0.2) is 36.0 Å². The number of nitrogens with zero attached hydrogens (tertiary/aromatic N) is 4. The first-order valence-electron chi connectivity index (χ1n) is 12.2. The highest BCUT2D eigenvalue weighted by atomic mass is 32.2. The summed E-state index contributed by atoms with van der Waals surface area (Å²) in [5, 5.41) is 4.63. The smallest absolute Gasteiger partial charge is 0.214 e. The molecule has 7 nitrogen and oxygen atoms in total. The van der Waals surface area contributed by atoms with Crippen LogP contribution in [0, 0.1) is 17.2 Å². The van der Waals surface area contributed by atoms with Crippen LogP contribution in [0.1, 0.15) is 30.5 Å². The minimum Gasteiger partial charge on any atom is -0.379 e. The van der Waals surface area contributed by atoms with Gasteiger partial charge in [-0.15, -0.1) is 0 Å². The molecule has 4 aliphatic rings. The summed E-state index contributed by atoms with van der Waals surface area (Å²) in [6.07, 6.45) is 7.65. The lowest BCUT2D eigenvalue weighted by Crippen LogP contribution is -2.55. The molecule has 1 saturated carbocycles. The second-order valence-corrected chi connectivity index (χ2v) is 12.3. The predicted octanol–water partition coefficient (Wildman–Crippen LogP) is 2.72. The molecule has 0 unspecified atom stereocenters. The lowest BCUT2D eigenvalue weighted by Gasteiger charge is -2.48. The molecule has 0 amide bonds. The van der Waals surface area contributed by atoms with Gasteiger partial charge in [0.25, 0.3) is 0 Å². The number of piperidine rings is 1. The third kappa shape index (κ3) is 4.23. The average molecular weight is 487 g/mol. The Morgan fingerprint density at radius 3 is 2.62 bits per heavy atom. The summed E-state index contributed by atoms with van der Waals surface area (Å²) in [6, 6.07) is 6.38. The highest BCUT2D eigenvalue weighted by molar-refractivity contribution is 7.89. The van der Waals surface area contributed by atoms with E-state index in [0.29, 0.717) is 32.2 Å². The maximum absolute atomic E-state index is 13.5. The molecule has 2 aliphatic heterocycles. The summed E-state index contributed by atoms with van der Waals surface area (Å²) in [5.74, 6) is 0.351. The highest BCUT2D eigenvalue weighted by Gasteiger charge is 2.47. The molecule has 1 aromatic heterocycles. The van der Waals surface area contributed by atoms with E-state index in [4.69, 9.17) is 4.74 Å². The van der Waals surface area contributed by atoms with Crippen molar-refractivity contribution in [1.82, 2.24) is 19.0 Å². The van der Waals surface area contributed by atoms with Crippen LogP contribution in [0.4, 0.5) is 4.39 Å². The Bertz CT molecular complexity index is 1200. The Hall–Kier alpha value is -2.07. The van der Waals surface area contributed by atoms with Crippen molar-refractivity contribution in [2.75, 3.05) is 51.7 Å². The number of fused-ring (bicyclic) bond motifs is 2. The molecule has 34 heavy (non-hydrogen) atoms. The van der Waals surface area contributed by atoms with E-state index < -0.39 is 10.0 Å². The van der Waals surface area contributed by atoms with Gasteiger partial charge in [0, 0.05) is 38.1 Å². The Balaban J connectivity index is 1.35. The largest absolute Gasteiger partial charge is 0.379 e.